The van der Waals surface area contributed by atoms with Gasteiger partial charge in [0.15, 0.2) is 0 Å². The molecule has 2 aliphatic heterocycles. The molecule has 2 saturated heterocycles. The van der Waals surface area contributed by atoms with Gasteiger partial charge >= 0.3 is 0 Å². The van der Waals surface area contributed by atoms with E-state index >= 15 is 0 Å². The lowest BCUT2D eigenvalue weighted by molar-refractivity contribution is -0.129. The summed E-state index contributed by atoms with van der Waals surface area (Å²) < 4.78 is 5.88. The van der Waals surface area contributed by atoms with Gasteiger partial charge in [0.2, 0.25) is 5.91 Å². The summed E-state index contributed by atoms with van der Waals surface area (Å²) in [5.74, 6) is 0.911. The van der Waals surface area contributed by atoms with Crippen LogP contribution in [0.2, 0.25) is 0 Å². The Morgan fingerprint density at radius 1 is 1.03 bits per heavy atom. The Kier molecular flexibility index (Phi) is 6.24. The second-order valence-electron chi connectivity index (χ2n) is 9.78. The Morgan fingerprint density at radius 2 is 1.80 bits per heavy atom. The number of carbonyl (C=O) groups is 1. The second-order valence-corrected chi connectivity index (χ2v) is 9.78. The summed E-state index contributed by atoms with van der Waals surface area (Å²) in [6.45, 7) is 4.91. The number of likely N-dealkylation sites (tertiary alicyclic amines) is 1. The van der Waals surface area contributed by atoms with Crippen molar-refractivity contribution in [1.29, 1.82) is 0 Å². The van der Waals surface area contributed by atoms with Crippen LogP contribution in [0.4, 0.5) is 0 Å². The predicted octanol–water partition coefficient (Wildman–Crippen LogP) is 3.98. The number of piperidine rings is 1. The molecule has 2 heterocycles. The minimum absolute atomic E-state index is 0.244. The molecule has 0 radical (unpaired) electrons. The summed E-state index contributed by atoms with van der Waals surface area (Å²) in [5.41, 5.74) is 4.14. The van der Waals surface area contributed by atoms with E-state index in [9.17, 15) is 4.79 Å². The zero-order valence-corrected chi connectivity index (χ0v) is 18.2. The first-order valence-corrected chi connectivity index (χ1v) is 12.2. The molecule has 1 atom stereocenters. The van der Waals surface area contributed by atoms with Crippen molar-refractivity contribution in [3.05, 3.63) is 47.0 Å². The van der Waals surface area contributed by atoms with Gasteiger partial charge in [-0.2, -0.15) is 0 Å². The molecule has 4 aliphatic rings. The first-order valence-electron chi connectivity index (χ1n) is 12.2. The van der Waals surface area contributed by atoms with Crippen molar-refractivity contribution in [3.63, 3.8) is 0 Å². The fourth-order valence-corrected chi connectivity index (χ4v) is 5.95. The molecule has 0 saturated carbocycles. The van der Waals surface area contributed by atoms with Gasteiger partial charge in [0.25, 0.3) is 0 Å². The third kappa shape index (κ3) is 4.50. The molecule has 162 valence electrons. The number of amides is 1. The average Bonchev–Trinajstić information content (AvgIpc) is 3.54. The molecule has 4 heteroatoms. The highest BCUT2D eigenvalue weighted by atomic mass is 16.5. The van der Waals surface area contributed by atoms with Crippen molar-refractivity contribution in [1.82, 2.24) is 9.80 Å². The molecule has 1 aromatic carbocycles. The third-order valence-corrected chi connectivity index (χ3v) is 7.72. The van der Waals surface area contributed by atoms with E-state index in [1.807, 2.05) is 0 Å². The number of hydrogen-bond donors (Lipinski definition) is 0. The highest BCUT2D eigenvalue weighted by Crippen LogP contribution is 2.30. The van der Waals surface area contributed by atoms with Crippen LogP contribution in [0.15, 0.2) is 35.9 Å². The van der Waals surface area contributed by atoms with Crippen molar-refractivity contribution in [2.45, 2.75) is 69.9 Å². The van der Waals surface area contributed by atoms with Crippen molar-refractivity contribution < 1.29 is 9.53 Å². The van der Waals surface area contributed by atoms with Gasteiger partial charge in [0.1, 0.15) is 0 Å². The van der Waals surface area contributed by atoms with E-state index in [-0.39, 0.29) is 12.0 Å². The smallest absolute Gasteiger partial charge is 0.249 e. The maximum atomic E-state index is 13.2. The van der Waals surface area contributed by atoms with Gasteiger partial charge in [-0.1, -0.05) is 30.3 Å². The third-order valence-electron chi connectivity index (χ3n) is 7.72. The molecule has 30 heavy (non-hydrogen) atoms. The molecule has 2 fully saturated rings. The van der Waals surface area contributed by atoms with Gasteiger partial charge < -0.3 is 9.64 Å². The Hall–Kier alpha value is -1.65. The molecule has 0 unspecified atom stereocenters. The topological polar surface area (TPSA) is 32.8 Å². The summed E-state index contributed by atoms with van der Waals surface area (Å²) in [4.78, 5) is 18.1. The molecule has 2 aliphatic carbocycles. The van der Waals surface area contributed by atoms with E-state index in [0.717, 1.165) is 57.4 Å². The molecule has 4 nitrogen and oxygen atoms in total. The van der Waals surface area contributed by atoms with Crippen LogP contribution >= 0.6 is 0 Å². The van der Waals surface area contributed by atoms with Crippen molar-refractivity contribution in [2.75, 3.05) is 32.8 Å². The molecular weight excluding hydrogens is 372 g/mol. The standard InChI is InChI=1S/C26H36N2O2/c29-26(21-6-1-2-7-21)28(19-25-10-5-15-30-25)18-20-11-13-27(14-12-20)24-16-22-8-3-4-9-23(22)17-24/h3-4,6,8-9,20,24-25H,1-2,5,7,10-19H2/t25-/m1/s1. The fourth-order valence-electron chi connectivity index (χ4n) is 5.95. The van der Waals surface area contributed by atoms with E-state index in [1.54, 1.807) is 11.1 Å². The van der Waals surface area contributed by atoms with Crippen molar-refractivity contribution in [2.24, 2.45) is 5.92 Å². The van der Waals surface area contributed by atoms with E-state index < -0.39 is 0 Å². The van der Waals surface area contributed by atoms with Crippen LogP contribution in [-0.2, 0) is 22.4 Å². The van der Waals surface area contributed by atoms with Gasteiger partial charge in [0.05, 0.1) is 6.10 Å². The zero-order valence-electron chi connectivity index (χ0n) is 18.2. The first kappa shape index (κ1) is 20.3. The molecule has 5 rings (SSSR count). The second kappa shape index (κ2) is 9.23. The van der Waals surface area contributed by atoms with Gasteiger partial charge in [0, 0.05) is 31.3 Å². The van der Waals surface area contributed by atoms with Crippen LogP contribution in [-0.4, -0.2) is 60.6 Å². The Labute approximate surface area is 181 Å². The maximum Gasteiger partial charge on any atom is 0.249 e. The van der Waals surface area contributed by atoms with Gasteiger partial charge in [-0.05, 0) is 87.9 Å². The predicted molar refractivity (Wildman–Crippen MR) is 119 cm³/mol. The molecule has 0 N–H and O–H groups in total. The SMILES string of the molecule is O=C(C1=CCCC1)N(CC1CCN(C2Cc3ccccc3C2)CC1)C[C@H]1CCCO1. The lowest BCUT2D eigenvalue weighted by Gasteiger charge is -2.38. The van der Waals surface area contributed by atoms with E-state index in [0.29, 0.717) is 12.0 Å². The number of carbonyl (C=O) groups excluding carboxylic acids is 1. The molecule has 0 bridgehead atoms. The summed E-state index contributed by atoms with van der Waals surface area (Å²) in [6, 6.07) is 9.62. The van der Waals surface area contributed by atoms with E-state index in [2.05, 4.69) is 40.1 Å². The molecule has 0 spiro atoms. The maximum absolute atomic E-state index is 13.2. The van der Waals surface area contributed by atoms with Crippen molar-refractivity contribution in [3.8, 4) is 0 Å². The van der Waals surface area contributed by atoms with Crippen LogP contribution in [0.3, 0.4) is 0 Å². The minimum Gasteiger partial charge on any atom is -0.376 e. The Balaban J connectivity index is 1.16. The van der Waals surface area contributed by atoms with E-state index in [4.69, 9.17) is 4.74 Å². The largest absolute Gasteiger partial charge is 0.376 e. The Bertz CT molecular complexity index is 750. The molecule has 1 amide bonds. The Morgan fingerprint density at radius 3 is 2.43 bits per heavy atom. The van der Waals surface area contributed by atoms with Gasteiger partial charge in [-0.3, -0.25) is 9.69 Å². The summed E-state index contributed by atoms with van der Waals surface area (Å²) in [6.07, 6.45) is 12.6. The number of nitrogens with zero attached hydrogens (tertiary/aromatic N) is 2. The molecule has 1 aromatic rings. The van der Waals surface area contributed by atoms with Crippen LogP contribution in [0.1, 0.15) is 56.1 Å². The number of hydrogen-bond acceptors (Lipinski definition) is 3. The van der Waals surface area contributed by atoms with Crippen molar-refractivity contribution >= 4 is 5.91 Å². The number of benzene rings is 1. The monoisotopic (exact) mass is 408 g/mol. The van der Waals surface area contributed by atoms with Crippen LogP contribution < -0.4 is 0 Å². The fraction of sp³-hybridized carbons (Fsp3) is 0.654. The summed E-state index contributed by atoms with van der Waals surface area (Å²) >= 11 is 0. The lowest BCUT2D eigenvalue weighted by Crippen LogP contribution is -2.46. The van der Waals surface area contributed by atoms with Gasteiger partial charge in [-0.25, -0.2) is 0 Å². The molecule has 0 aromatic heterocycles. The van der Waals surface area contributed by atoms with Crippen LogP contribution in [0.5, 0.6) is 0 Å². The lowest BCUT2D eigenvalue weighted by atomic mass is 9.94. The van der Waals surface area contributed by atoms with Crippen LogP contribution in [0, 0.1) is 5.92 Å². The zero-order chi connectivity index (χ0) is 20.3. The summed E-state index contributed by atoms with van der Waals surface area (Å²) in [7, 11) is 0. The van der Waals surface area contributed by atoms with Crippen LogP contribution in [0.25, 0.3) is 0 Å². The number of rotatable bonds is 6. The highest BCUT2D eigenvalue weighted by Gasteiger charge is 2.32. The normalized spacial score (nSPS) is 25.5. The number of ether oxygens (including phenoxy) is 1. The summed E-state index contributed by atoms with van der Waals surface area (Å²) in [5, 5.41) is 0. The minimum atomic E-state index is 0.244. The average molecular weight is 409 g/mol. The number of fused-ring (bicyclic) bond motifs is 1. The number of allylic oxidation sites excluding steroid dienone is 1. The van der Waals surface area contributed by atoms with Gasteiger partial charge in [-0.15, -0.1) is 0 Å². The first-order chi connectivity index (χ1) is 14.8. The highest BCUT2D eigenvalue weighted by molar-refractivity contribution is 5.93. The quantitative estimate of drug-likeness (QED) is 0.714. The molecular formula is C26H36N2O2. The van der Waals surface area contributed by atoms with E-state index in [1.165, 1.54) is 38.8 Å².